The molecule has 3 unspecified atom stereocenters. The molecule has 0 bridgehead atoms. The molecule has 1 saturated heterocycles. The molecular formula is C17H25NO2. The predicted molar refractivity (Wildman–Crippen MR) is 80.2 cm³/mol. The van der Waals surface area contributed by atoms with Crippen molar-refractivity contribution in [2.45, 2.75) is 57.7 Å². The highest BCUT2D eigenvalue weighted by molar-refractivity contribution is 5.40. The largest absolute Gasteiger partial charge is 0.493 e. The van der Waals surface area contributed by atoms with E-state index in [-0.39, 0.29) is 0 Å². The smallest absolute Gasteiger partial charge is 0.122 e. The zero-order valence-electron chi connectivity index (χ0n) is 12.5. The standard InChI is InChI=1S/C17H25NO2/c1-3-16(18-15-7-9-19-12(2)10-15)13-4-5-17-14(11-13)6-8-20-17/h4-5,11-12,15-16,18H,3,6-10H2,1-2H3. The molecule has 0 radical (unpaired) electrons. The van der Waals surface area contributed by atoms with E-state index in [4.69, 9.17) is 9.47 Å². The van der Waals surface area contributed by atoms with Crippen LogP contribution < -0.4 is 10.1 Å². The Morgan fingerprint density at radius 2 is 2.25 bits per heavy atom. The highest BCUT2D eigenvalue weighted by atomic mass is 16.5. The minimum Gasteiger partial charge on any atom is -0.493 e. The van der Waals surface area contributed by atoms with Crippen molar-refractivity contribution < 1.29 is 9.47 Å². The molecule has 1 fully saturated rings. The topological polar surface area (TPSA) is 30.5 Å². The van der Waals surface area contributed by atoms with Gasteiger partial charge in [-0.15, -0.1) is 0 Å². The van der Waals surface area contributed by atoms with Crippen LogP contribution in [0.2, 0.25) is 0 Å². The third kappa shape index (κ3) is 2.99. The number of hydrogen-bond donors (Lipinski definition) is 1. The van der Waals surface area contributed by atoms with Gasteiger partial charge in [0.15, 0.2) is 0 Å². The number of rotatable bonds is 4. The number of ether oxygens (including phenoxy) is 2. The first-order valence-electron chi connectivity index (χ1n) is 7.89. The molecule has 110 valence electrons. The van der Waals surface area contributed by atoms with E-state index >= 15 is 0 Å². The Kier molecular flexibility index (Phi) is 4.27. The minimum absolute atomic E-state index is 0.382. The molecule has 3 atom stereocenters. The highest BCUT2D eigenvalue weighted by Gasteiger charge is 2.23. The second-order valence-electron chi connectivity index (χ2n) is 6.00. The van der Waals surface area contributed by atoms with Gasteiger partial charge in [0.1, 0.15) is 5.75 Å². The number of nitrogens with one attached hydrogen (secondary N) is 1. The van der Waals surface area contributed by atoms with Crippen molar-refractivity contribution >= 4 is 0 Å². The molecule has 3 rings (SSSR count). The van der Waals surface area contributed by atoms with Crippen molar-refractivity contribution in [2.75, 3.05) is 13.2 Å². The van der Waals surface area contributed by atoms with E-state index in [2.05, 4.69) is 37.4 Å². The van der Waals surface area contributed by atoms with E-state index in [0.717, 1.165) is 44.6 Å². The normalized spacial score (nSPS) is 26.9. The van der Waals surface area contributed by atoms with Gasteiger partial charge in [-0.1, -0.05) is 19.1 Å². The number of benzene rings is 1. The lowest BCUT2D eigenvalue weighted by Crippen LogP contribution is -2.39. The third-order valence-corrected chi connectivity index (χ3v) is 4.45. The molecule has 0 saturated carbocycles. The van der Waals surface area contributed by atoms with Crippen LogP contribution in [0.3, 0.4) is 0 Å². The van der Waals surface area contributed by atoms with Gasteiger partial charge in [0.05, 0.1) is 12.7 Å². The van der Waals surface area contributed by atoms with Gasteiger partial charge < -0.3 is 14.8 Å². The number of fused-ring (bicyclic) bond motifs is 1. The lowest BCUT2D eigenvalue weighted by atomic mass is 9.97. The van der Waals surface area contributed by atoms with Gasteiger partial charge in [0.25, 0.3) is 0 Å². The van der Waals surface area contributed by atoms with Crippen LogP contribution in [0.25, 0.3) is 0 Å². The first-order valence-corrected chi connectivity index (χ1v) is 7.89. The van der Waals surface area contributed by atoms with Crippen LogP contribution in [0, 0.1) is 0 Å². The summed E-state index contributed by atoms with van der Waals surface area (Å²) in [5.74, 6) is 1.07. The van der Waals surface area contributed by atoms with Crippen molar-refractivity contribution in [3.63, 3.8) is 0 Å². The summed E-state index contributed by atoms with van der Waals surface area (Å²) in [6, 6.07) is 7.69. The summed E-state index contributed by atoms with van der Waals surface area (Å²) in [7, 11) is 0. The zero-order chi connectivity index (χ0) is 13.9. The average molecular weight is 275 g/mol. The van der Waals surface area contributed by atoms with Crippen LogP contribution in [-0.4, -0.2) is 25.4 Å². The SMILES string of the molecule is CCC(NC1CCOC(C)C1)c1ccc2c(c1)CCO2. The Balaban J connectivity index is 1.69. The fourth-order valence-corrected chi connectivity index (χ4v) is 3.31. The van der Waals surface area contributed by atoms with Crippen LogP contribution >= 0.6 is 0 Å². The summed E-state index contributed by atoms with van der Waals surface area (Å²) in [6.45, 7) is 6.14. The summed E-state index contributed by atoms with van der Waals surface area (Å²) in [5, 5.41) is 3.82. The lowest BCUT2D eigenvalue weighted by molar-refractivity contribution is 0.0111. The Morgan fingerprint density at radius 1 is 1.35 bits per heavy atom. The lowest BCUT2D eigenvalue weighted by Gasteiger charge is -2.31. The summed E-state index contributed by atoms with van der Waals surface area (Å²) in [6.07, 6.45) is 4.78. The zero-order valence-corrected chi connectivity index (χ0v) is 12.5. The first-order chi connectivity index (χ1) is 9.76. The monoisotopic (exact) mass is 275 g/mol. The second-order valence-corrected chi connectivity index (χ2v) is 6.00. The van der Waals surface area contributed by atoms with Crippen LogP contribution in [0.15, 0.2) is 18.2 Å². The Bertz CT molecular complexity index is 460. The fraction of sp³-hybridized carbons (Fsp3) is 0.647. The molecule has 0 aromatic heterocycles. The van der Waals surface area contributed by atoms with Crippen molar-refractivity contribution in [2.24, 2.45) is 0 Å². The van der Waals surface area contributed by atoms with Crippen LogP contribution in [0.1, 0.15) is 50.3 Å². The van der Waals surface area contributed by atoms with Gasteiger partial charge in [0.2, 0.25) is 0 Å². The fourth-order valence-electron chi connectivity index (χ4n) is 3.31. The first kappa shape index (κ1) is 13.9. The molecule has 0 spiro atoms. The second kappa shape index (κ2) is 6.15. The maximum absolute atomic E-state index is 5.63. The molecule has 3 heteroatoms. The van der Waals surface area contributed by atoms with Crippen molar-refractivity contribution in [3.05, 3.63) is 29.3 Å². The van der Waals surface area contributed by atoms with Crippen LogP contribution in [-0.2, 0) is 11.2 Å². The van der Waals surface area contributed by atoms with E-state index in [1.165, 1.54) is 11.1 Å². The minimum atomic E-state index is 0.382. The van der Waals surface area contributed by atoms with Gasteiger partial charge in [-0.25, -0.2) is 0 Å². The van der Waals surface area contributed by atoms with Gasteiger partial charge in [-0.2, -0.15) is 0 Å². The van der Waals surface area contributed by atoms with Crippen LogP contribution in [0.5, 0.6) is 5.75 Å². The Labute approximate surface area is 121 Å². The maximum atomic E-state index is 5.63. The Hall–Kier alpha value is -1.06. The van der Waals surface area contributed by atoms with E-state index in [0.29, 0.717) is 18.2 Å². The number of hydrogen-bond acceptors (Lipinski definition) is 3. The van der Waals surface area contributed by atoms with Gasteiger partial charge in [0, 0.05) is 25.1 Å². The molecule has 1 aromatic carbocycles. The molecule has 1 N–H and O–H groups in total. The quantitative estimate of drug-likeness (QED) is 0.915. The van der Waals surface area contributed by atoms with Gasteiger partial charge in [-0.3, -0.25) is 0 Å². The molecule has 1 aromatic rings. The summed E-state index contributed by atoms with van der Waals surface area (Å²) >= 11 is 0. The van der Waals surface area contributed by atoms with Crippen molar-refractivity contribution in [3.8, 4) is 5.75 Å². The Morgan fingerprint density at radius 3 is 3.05 bits per heavy atom. The average Bonchev–Trinajstić information content (AvgIpc) is 2.92. The van der Waals surface area contributed by atoms with Crippen molar-refractivity contribution in [1.82, 2.24) is 5.32 Å². The molecule has 3 nitrogen and oxygen atoms in total. The van der Waals surface area contributed by atoms with Crippen molar-refractivity contribution in [1.29, 1.82) is 0 Å². The molecule has 2 aliphatic heterocycles. The van der Waals surface area contributed by atoms with E-state index in [1.807, 2.05) is 0 Å². The summed E-state index contributed by atoms with van der Waals surface area (Å²) < 4.78 is 11.2. The predicted octanol–water partition coefficient (Wildman–Crippen LogP) is 3.23. The molecule has 2 heterocycles. The van der Waals surface area contributed by atoms with E-state index in [9.17, 15) is 0 Å². The van der Waals surface area contributed by atoms with Gasteiger partial charge in [-0.05, 0) is 43.4 Å². The van der Waals surface area contributed by atoms with Gasteiger partial charge >= 0.3 is 0 Å². The summed E-state index contributed by atoms with van der Waals surface area (Å²) in [4.78, 5) is 0. The van der Waals surface area contributed by atoms with Crippen LogP contribution in [0.4, 0.5) is 0 Å². The molecule has 20 heavy (non-hydrogen) atoms. The molecule has 2 aliphatic rings. The summed E-state index contributed by atoms with van der Waals surface area (Å²) in [5.41, 5.74) is 2.76. The molecule has 0 aliphatic carbocycles. The van der Waals surface area contributed by atoms with E-state index in [1.54, 1.807) is 0 Å². The molecular weight excluding hydrogens is 250 g/mol. The van der Waals surface area contributed by atoms with E-state index < -0.39 is 0 Å². The third-order valence-electron chi connectivity index (χ3n) is 4.45. The molecule has 0 amide bonds. The maximum Gasteiger partial charge on any atom is 0.122 e. The highest BCUT2D eigenvalue weighted by Crippen LogP contribution is 2.30.